The summed E-state index contributed by atoms with van der Waals surface area (Å²) in [6.07, 6.45) is 3.58. The van der Waals surface area contributed by atoms with Gasteiger partial charge in [-0.05, 0) is 58.7 Å². The van der Waals surface area contributed by atoms with Gasteiger partial charge in [-0.1, -0.05) is 25.1 Å². The third kappa shape index (κ3) is 5.60. The van der Waals surface area contributed by atoms with Gasteiger partial charge in [-0.3, -0.25) is 0 Å². The van der Waals surface area contributed by atoms with Crippen LogP contribution < -0.4 is 10.6 Å². The fraction of sp³-hybridized carbons (Fsp3) is 0.565. The summed E-state index contributed by atoms with van der Waals surface area (Å²) < 4.78 is 2.02. The van der Waals surface area contributed by atoms with Crippen molar-refractivity contribution in [2.45, 2.75) is 59.5 Å². The van der Waals surface area contributed by atoms with Gasteiger partial charge in [-0.25, -0.2) is 9.67 Å². The Morgan fingerprint density at radius 1 is 1.14 bits per heavy atom. The number of nitrogens with zero attached hydrogens (tertiary/aromatic N) is 4. The number of hydrogen-bond acceptors (Lipinski definition) is 3. The SMILES string of the molecule is CCCN1CCC(NC(=NCc2c(C)nn(-c3ccccc3)c2C)NCC)CC1. The fourth-order valence-electron chi connectivity index (χ4n) is 4.01. The van der Waals surface area contributed by atoms with Crippen molar-refractivity contribution < 1.29 is 0 Å². The fourth-order valence-corrected chi connectivity index (χ4v) is 4.01. The molecule has 29 heavy (non-hydrogen) atoms. The molecule has 2 N–H and O–H groups in total. The second-order valence-corrected chi connectivity index (χ2v) is 7.85. The number of piperidine rings is 1. The molecule has 1 aliphatic rings. The lowest BCUT2D eigenvalue weighted by Gasteiger charge is -2.32. The van der Waals surface area contributed by atoms with Gasteiger partial charge in [0.05, 0.1) is 17.9 Å². The van der Waals surface area contributed by atoms with Crippen LogP contribution in [-0.2, 0) is 6.54 Å². The van der Waals surface area contributed by atoms with E-state index in [2.05, 4.69) is 55.4 Å². The molecule has 0 unspecified atom stereocenters. The minimum absolute atomic E-state index is 0.496. The van der Waals surface area contributed by atoms with E-state index in [9.17, 15) is 0 Å². The average molecular weight is 397 g/mol. The smallest absolute Gasteiger partial charge is 0.191 e. The molecule has 6 heteroatoms. The maximum atomic E-state index is 4.89. The highest BCUT2D eigenvalue weighted by atomic mass is 15.3. The average Bonchev–Trinajstić information content (AvgIpc) is 3.02. The van der Waals surface area contributed by atoms with Crippen LogP contribution in [0.2, 0.25) is 0 Å². The van der Waals surface area contributed by atoms with E-state index in [-0.39, 0.29) is 0 Å². The summed E-state index contributed by atoms with van der Waals surface area (Å²) >= 11 is 0. The summed E-state index contributed by atoms with van der Waals surface area (Å²) in [5, 5.41) is 11.8. The van der Waals surface area contributed by atoms with Crippen molar-refractivity contribution in [1.29, 1.82) is 0 Å². The molecule has 1 fully saturated rings. The van der Waals surface area contributed by atoms with Gasteiger partial charge in [0, 0.05) is 36.9 Å². The molecule has 0 saturated carbocycles. The monoisotopic (exact) mass is 396 g/mol. The van der Waals surface area contributed by atoms with Crippen molar-refractivity contribution in [3.63, 3.8) is 0 Å². The Morgan fingerprint density at radius 2 is 1.86 bits per heavy atom. The molecule has 158 valence electrons. The maximum absolute atomic E-state index is 4.89. The van der Waals surface area contributed by atoms with Gasteiger partial charge in [0.1, 0.15) is 0 Å². The van der Waals surface area contributed by atoms with Gasteiger partial charge < -0.3 is 15.5 Å². The lowest BCUT2D eigenvalue weighted by atomic mass is 10.1. The summed E-state index contributed by atoms with van der Waals surface area (Å²) in [4.78, 5) is 7.45. The van der Waals surface area contributed by atoms with E-state index in [1.165, 1.54) is 44.5 Å². The Balaban J connectivity index is 1.67. The van der Waals surface area contributed by atoms with Crippen molar-refractivity contribution in [3.05, 3.63) is 47.3 Å². The molecule has 3 rings (SSSR count). The van der Waals surface area contributed by atoms with Gasteiger partial charge in [0.15, 0.2) is 5.96 Å². The van der Waals surface area contributed by atoms with Crippen LogP contribution in [0.5, 0.6) is 0 Å². The van der Waals surface area contributed by atoms with Crippen LogP contribution in [-0.4, -0.2) is 52.9 Å². The lowest BCUT2D eigenvalue weighted by Crippen LogP contribution is -2.48. The molecule has 2 aromatic rings. The molecule has 2 heterocycles. The quantitative estimate of drug-likeness (QED) is 0.556. The number of likely N-dealkylation sites (tertiary alicyclic amines) is 1. The van der Waals surface area contributed by atoms with E-state index in [0.717, 1.165) is 29.6 Å². The molecule has 0 radical (unpaired) electrons. The van der Waals surface area contributed by atoms with Crippen LogP contribution >= 0.6 is 0 Å². The van der Waals surface area contributed by atoms with Crippen LogP contribution in [0.25, 0.3) is 5.69 Å². The first kappa shape index (κ1) is 21.4. The van der Waals surface area contributed by atoms with Crippen LogP contribution in [0.3, 0.4) is 0 Å². The third-order valence-electron chi connectivity index (χ3n) is 5.65. The zero-order valence-corrected chi connectivity index (χ0v) is 18.4. The Labute approximate surface area is 175 Å². The lowest BCUT2D eigenvalue weighted by molar-refractivity contribution is 0.206. The second-order valence-electron chi connectivity index (χ2n) is 7.85. The Bertz CT molecular complexity index is 787. The van der Waals surface area contributed by atoms with Crippen LogP contribution in [0.15, 0.2) is 35.3 Å². The van der Waals surface area contributed by atoms with Gasteiger partial charge in [0.25, 0.3) is 0 Å². The molecule has 0 spiro atoms. The van der Waals surface area contributed by atoms with Crippen LogP contribution in [0.1, 0.15) is 50.1 Å². The Hall–Kier alpha value is -2.34. The normalized spacial score (nSPS) is 16.2. The van der Waals surface area contributed by atoms with Gasteiger partial charge in [0.2, 0.25) is 0 Å². The van der Waals surface area contributed by atoms with Crippen molar-refractivity contribution in [2.24, 2.45) is 4.99 Å². The van der Waals surface area contributed by atoms with Gasteiger partial charge in [-0.15, -0.1) is 0 Å². The Morgan fingerprint density at radius 3 is 2.52 bits per heavy atom. The molecular weight excluding hydrogens is 360 g/mol. The van der Waals surface area contributed by atoms with Crippen molar-refractivity contribution in [2.75, 3.05) is 26.2 Å². The standard InChI is InChI=1S/C23H36N6/c1-5-14-28-15-12-20(13-16-28)26-23(24-6-2)25-17-22-18(3)27-29(19(22)4)21-10-8-7-9-11-21/h7-11,20H,5-6,12-17H2,1-4H3,(H2,24,25,26). The first-order chi connectivity index (χ1) is 14.1. The summed E-state index contributed by atoms with van der Waals surface area (Å²) in [5.74, 6) is 0.910. The topological polar surface area (TPSA) is 57.5 Å². The number of rotatable bonds is 7. The first-order valence-electron chi connectivity index (χ1n) is 11.0. The van der Waals surface area contributed by atoms with E-state index in [1.54, 1.807) is 0 Å². The van der Waals surface area contributed by atoms with E-state index in [1.807, 2.05) is 22.9 Å². The predicted molar refractivity (Wildman–Crippen MR) is 121 cm³/mol. The first-order valence-corrected chi connectivity index (χ1v) is 11.0. The molecule has 1 saturated heterocycles. The summed E-state index contributed by atoms with van der Waals surface area (Å²) in [6, 6.07) is 10.8. The number of aryl methyl sites for hydroxylation is 1. The molecule has 0 bridgehead atoms. The summed E-state index contributed by atoms with van der Waals surface area (Å²) in [7, 11) is 0. The summed E-state index contributed by atoms with van der Waals surface area (Å²) in [5.41, 5.74) is 4.48. The minimum Gasteiger partial charge on any atom is -0.357 e. The van der Waals surface area contributed by atoms with Gasteiger partial charge in [-0.2, -0.15) is 5.10 Å². The van der Waals surface area contributed by atoms with Crippen LogP contribution in [0.4, 0.5) is 0 Å². The number of benzene rings is 1. The number of nitrogens with one attached hydrogen (secondary N) is 2. The zero-order chi connectivity index (χ0) is 20.6. The van der Waals surface area contributed by atoms with Crippen LogP contribution in [0, 0.1) is 13.8 Å². The van der Waals surface area contributed by atoms with E-state index < -0.39 is 0 Å². The van der Waals surface area contributed by atoms with Crippen molar-refractivity contribution in [1.82, 2.24) is 25.3 Å². The molecule has 0 atom stereocenters. The van der Waals surface area contributed by atoms with E-state index in [0.29, 0.717) is 12.6 Å². The number of aromatic nitrogens is 2. The highest BCUT2D eigenvalue weighted by molar-refractivity contribution is 5.80. The number of para-hydroxylation sites is 1. The highest BCUT2D eigenvalue weighted by Gasteiger charge is 2.19. The van der Waals surface area contributed by atoms with Crippen molar-refractivity contribution >= 4 is 5.96 Å². The molecule has 6 nitrogen and oxygen atoms in total. The van der Waals surface area contributed by atoms with Crippen molar-refractivity contribution in [3.8, 4) is 5.69 Å². The van der Waals surface area contributed by atoms with Gasteiger partial charge >= 0.3 is 0 Å². The van der Waals surface area contributed by atoms with E-state index >= 15 is 0 Å². The zero-order valence-electron chi connectivity index (χ0n) is 18.4. The third-order valence-corrected chi connectivity index (χ3v) is 5.65. The molecule has 1 aromatic carbocycles. The highest BCUT2D eigenvalue weighted by Crippen LogP contribution is 2.18. The largest absolute Gasteiger partial charge is 0.357 e. The predicted octanol–water partition coefficient (Wildman–Crippen LogP) is 3.42. The number of aliphatic imine (C=N–C) groups is 1. The molecule has 0 aliphatic carbocycles. The molecule has 0 amide bonds. The van der Waals surface area contributed by atoms with E-state index in [4.69, 9.17) is 10.1 Å². The number of guanidine groups is 1. The Kier molecular flexibility index (Phi) is 7.69. The molecule has 1 aliphatic heterocycles. The minimum atomic E-state index is 0.496. The maximum Gasteiger partial charge on any atom is 0.191 e. The molecular formula is C23H36N6. The second kappa shape index (κ2) is 10.4. The molecule has 1 aromatic heterocycles. The summed E-state index contributed by atoms with van der Waals surface area (Å²) in [6.45, 7) is 13.6. The number of hydrogen-bond donors (Lipinski definition) is 2.